The standard InChI is InChI=1S/C15H12F4N4O2/c16-9-5-8(25-15(18)19)6-10(17)14(9)11-7-12(23-22-11)21-13(24)3-1-2-4-20/h5-7,15H,1-3H2,(H2,21,22,23,24). The van der Waals surface area contributed by atoms with Crippen LogP contribution in [0.3, 0.4) is 0 Å². The van der Waals surface area contributed by atoms with Gasteiger partial charge in [0.1, 0.15) is 17.4 Å². The number of halogens is 4. The second-order valence-electron chi connectivity index (χ2n) is 4.87. The van der Waals surface area contributed by atoms with E-state index in [2.05, 4.69) is 20.3 Å². The van der Waals surface area contributed by atoms with Gasteiger partial charge in [-0.05, 0) is 6.42 Å². The smallest absolute Gasteiger partial charge is 0.387 e. The molecule has 2 rings (SSSR count). The van der Waals surface area contributed by atoms with Crippen molar-refractivity contribution < 1.29 is 27.1 Å². The molecule has 2 N–H and O–H groups in total. The van der Waals surface area contributed by atoms with E-state index in [-0.39, 0.29) is 24.4 Å². The van der Waals surface area contributed by atoms with Gasteiger partial charge < -0.3 is 10.1 Å². The maximum absolute atomic E-state index is 14.0. The summed E-state index contributed by atoms with van der Waals surface area (Å²) in [6.45, 7) is -3.21. The number of anilines is 1. The summed E-state index contributed by atoms with van der Waals surface area (Å²) < 4.78 is 56.1. The molecule has 1 aromatic heterocycles. The predicted molar refractivity (Wildman–Crippen MR) is 78.7 cm³/mol. The largest absolute Gasteiger partial charge is 0.435 e. The van der Waals surface area contributed by atoms with E-state index in [1.165, 1.54) is 6.07 Å². The Labute approximate surface area is 139 Å². The van der Waals surface area contributed by atoms with Crippen LogP contribution in [0.2, 0.25) is 0 Å². The average molecular weight is 356 g/mol. The van der Waals surface area contributed by atoms with E-state index in [4.69, 9.17) is 5.26 Å². The van der Waals surface area contributed by atoms with Gasteiger partial charge in [-0.15, -0.1) is 0 Å². The lowest BCUT2D eigenvalue weighted by molar-refractivity contribution is -0.116. The molecule has 0 saturated heterocycles. The normalized spacial score (nSPS) is 10.6. The van der Waals surface area contributed by atoms with Gasteiger partial charge in [0, 0.05) is 31.0 Å². The summed E-state index contributed by atoms with van der Waals surface area (Å²) >= 11 is 0. The van der Waals surface area contributed by atoms with Gasteiger partial charge in [0.2, 0.25) is 5.91 Å². The minimum absolute atomic E-state index is 0.0312. The highest BCUT2D eigenvalue weighted by molar-refractivity contribution is 5.90. The second-order valence-corrected chi connectivity index (χ2v) is 4.87. The number of nitrogens with one attached hydrogen (secondary N) is 2. The number of unbranched alkanes of at least 4 members (excludes halogenated alkanes) is 1. The molecule has 0 atom stereocenters. The predicted octanol–water partition coefficient (Wildman–Crippen LogP) is 3.59. The number of H-pyrrole nitrogens is 1. The van der Waals surface area contributed by atoms with Crippen LogP contribution >= 0.6 is 0 Å². The number of carbonyl (C=O) groups excluding carboxylic acids is 1. The molecule has 132 valence electrons. The van der Waals surface area contributed by atoms with E-state index < -0.39 is 35.5 Å². The van der Waals surface area contributed by atoms with Crippen molar-refractivity contribution in [2.24, 2.45) is 0 Å². The number of aromatic nitrogens is 2. The number of hydrogen-bond acceptors (Lipinski definition) is 4. The average Bonchev–Trinajstić information content (AvgIpc) is 2.94. The van der Waals surface area contributed by atoms with Crippen LogP contribution in [0.4, 0.5) is 23.4 Å². The third-order valence-corrected chi connectivity index (χ3v) is 3.05. The first-order valence-corrected chi connectivity index (χ1v) is 7.07. The van der Waals surface area contributed by atoms with Crippen molar-refractivity contribution >= 4 is 11.7 Å². The Bertz CT molecular complexity index is 778. The molecule has 1 amide bonds. The highest BCUT2D eigenvalue weighted by Gasteiger charge is 2.18. The Morgan fingerprint density at radius 2 is 2.00 bits per heavy atom. The van der Waals surface area contributed by atoms with Crippen LogP contribution in [0.15, 0.2) is 18.2 Å². The van der Waals surface area contributed by atoms with Gasteiger partial charge in [0.25, 0.3) is 0 Å². The molecule has 0 aliphatic carbocycles. The molecule has 0 spiro atoms. The zero-order valence-electron chi connectivity index (χ0n) is 12.7. The molecule has 1 aromatic carbocycles. The van der Waals surface area contributed by atoms with Crippen molar-refractivity contribution in [1.29, 1.82) is 5.26 Å². The van der Waals surface area contributed by atoms with E-state index in [9.17, 15) is 22.4 Å². The lowest BCUT2D eigenvalue weighted by atomic mass is 10.1. The SMILES string of the molecule is N#CCCCC(=O)Nc1cc(-c2c(F)cc(OC(F)F)cc2F)[nH]n1. The van der Waals surface area contributed by atoms with Gasteiger partial charge in [0.15, 0.2) is 5.82 Å². The minimum atomic E-state index is -3.21. The summed E-state index contributed by atoms with van der Waals surface area (Å²) in [4.78, 5) is 11.6. The van der Waals surface area contributed by atoms with Crippen molar-refractivity contribution in [3.05, 3.63) is 29.8 Å². The lowest BCUT2D eigenvalue weighted by Gasteiger charge is -2.07. The molecular formula is C15H12F4N4O2. The van der Waals surface area contributed by atoms with E-state index in [1.807, 2.05) is 6.07 Å². The maximum Gasteiger partial charge on any atom is 0.387 e. The first-order valence-electron chi connectivity index (χ1n) is 7.07. The Morgan fingerprint density at radius 1 is 1.32 bits per heavy atom. The number of nitriles is 1. The number of alkyl halides is 2. The first kappa shape index (κ1) is 18.3. The monoisotopic (exact) mass is 356 g/mol. The van der Waals surface area contributed by atoms with E-state index in [0.717, 1.165) is 0 Å². The van der Waals surface area contributed by atoms with Crippen LogP contribution < -0.4 is 10.1 Å². The topological polar surface area (TPSA) is 90.8 Å². The molecule has 25 heavy (non-hydrogen) atoms. The number of ether oxygens (including phenoxy) is 1. The maximum atomic E-state index is 14.0. The van der Waals surface area contributed by atoms with Crippen LogP contribution in [-0.2, 0) is 4.79 Å². The number of hydrogen-bond donors (Lipinski definition) is 2. The summed E-state index contributed by atoms with van der Waals surface area (Å²) in [7, 11) is 0. The molecule has 0 bridgehead atoms. The number of aromatic amines is 1. The van der Waals surface area contributed by atoms with Crippen molar-refractivity contribution in [3.63, 3.8) is 0 Å². The van der Waals surface area contributed by atoms with Gasteiger partial charge in [0.05, 0.1) is 17.3 Å². The zero-order chi connectivity index (χ0) is 18.4. The van der Waals surface area contributed by atoms with Crippen LogP contribution in [0.1, 0.15) is 19.3 Å². The third kappa shape index (κ3) is 4.94. The Kier molecular flexibility index (Phi) is 5.94. The van der Waals surface area contributed by atoms with Crippen LogP contribution in [0, 0.1) is 23.0 Å². The molecule has 2 aromatic rings. The van der Waals surface area contributed by atoms with Gasteiger partial charge in [-0.2, -0.15) is 19.1 Å². The fourth-order valence-electron chi connectivity index (χ4n) is 2.03. The summed E-state index contributed by atoms with van der Waals surface area (Å²) in [5.41, 5.74) is -0.620. The van der Waals surface area contributed by atoms with Crippen molar-refractivity contribution in [2.75, 3.05) is 5.32 Å². The number of benzene rings is 1. The summed E-state index contributed by atoms with van der Waals surface area (Å²) in [5, 5.41) is 16.9. The number of carbonyl (C=O) groups is 1. The molecule has 0 aliphatic heterocycles. The second kappa shape index (κ2) is 8.14. The molecule has 6 nitrogen and oxygen atoms in total. The highest BCUT2D eigenvalue weighted by Crippen LogP contribution is 2.30. The molecule has 1 heterocycles. The Balaban J connectivity index is 2.14. The van der Waals surface area contributed by atoms with Gasteiger partial charge in [-0.1, -0.05) is 0 Å². The van der Waals surface area contributed by atoms with Crippen molar-refractivity contribution in [3.8, 4) is 23.1 Å². The van der Waals surface area contributed by atoms with Crippen molar-refractivity contribution in [2.45, 2.75) is 25.9 Å². The molecule has 0 radical (unpaired) electrons. The lowest BCUT2D eigenvalue weighted by Crippen LogP contribution is -2.11. The fraction of sp³-hybridized carbons (Fsp3) is 0.267. The fourth-order valence-corrected chi connectivity index (χ4v) is 2.03. The summed E-state index contributed by atoms with van der Waals surface area (Å²) in [5.74, 6) is -3.30. The van der Waals surface area contributed by atoms with Crippen LogP contribution in [0.5, 0.6) is 5.75 Å². The molecule has 0 fully saturated rings. The molecule has 0 saturated carbocycles. The molecular weight excluding hydrogens is 344 g/mol. The third-order valence-electron chi connectivity index (χ3n) is 3.05. The van der Waals surface area contributed by atoms with Gasteiger partial charge >= 0.3 is 6.61 Å². The number of rotatable bonds is 7. The zero-order valence-corrected chi connectivity index (χ0v) is 12.7. The van der Waals surface area contributed by atoms with Gasteiger partial charge in [-0.25, -0.2) is 8.78 Å². The van der Waals surface area contributed by atoms with E-state index >= 15 is 0 Å². The summed E-state index contributed by atoms with van der Waals surface area (Å²) in [6, 6.07) is 4.32. The van der Waals surface area contributed by atoms with Crippen molar-refractivity contribution in [1.82, 2.24) is 10.2 Å². The quantitative estimate of drug-likeness (QED) is 0.586. The van der Waals surface area contributed by atoms with Crippen LogP contribution in [-0.4, -0.2) is 22.7 Å². The number of nitrogens with zero attached hydrogens (tertiary/aromatic N) is 2. The highest BCUT2D eigenvalue weighted by atomic mass is 19.3. The molecule has 10 heteroatoms. The van der Waals surface area contributed by atoms with Crippen LogP contribution in [0.25, 0.3) is 11.3 Å². The minimum Gasteiger partial charge on any atom is -0.435 e. The van der Waals surface area contributed by atoms with E-state index in [1.54, 1.807) is 0 Å². The first-order chi connectivity index (χ1) is 11.9. The molecule has 0 unspecified atom stereocenters. The number of amides is 1. The van der Waals surface area contributed by atoms with Gasteiger partial charge in [-0.3, -0.25) is 9.89 Å². The molecule has 0 aliphatic rings. The Hall–Kier alpha value is -3.09. The summed E-state index contributed by atoms with van der Waals surface area (Å²) in [6.07, 6.45) is 0.690. The van der Waals surface area contributed by atoms with E-state index in [0.29, 0.717) is 18.6 Å². The Morgan fingerprint density at radius 3 is 2.60 bits per heavy atom.